The van der Waals surface area contributed by atoms with E-state index in [-0.39, 0.29) is 34.9 Å². The van der Waals surface area contributed by atoms with Gasteiger partial charge in [0.15, 0.2) is 0 Å². The van der Waals surface area contributed by atoms with E-state index in [4.69, 9.17) is 9.47 Å². The van der Waals surface area contributed by atoms with Gasteiger partial charge in [-0.1, -0.05) is 46.8 Å². The van der Waals surface area contributed by atoms with Crippen LogP contribution in [0.3, 0.4) is 0 Å². The Balaban J connectivity index is 1.81. The second kappa shape index (κ2) is 11.6. The predicted molar refractivity (Wildman–Crippen MR) is 152 cm³/mol. The molecule has 3 aromatic rings. The third-order valence-electron chi connectivity index (χ3n) is 7.87. The fourth-order valence-electron chi connectivity index (χ4n) is 5.31. The number of nitrogens with zero attached hydrogens (tertiary/aromatic N) is 1. The summed E-state index contributed by atoms with van der Waals surface area (Å²) in [5.41, 5.74) is -1.02. The number of rotatable bonds is 6. The van der Waals surface area contributed by atoms with Crippen molar-refractivity contribution in [3.05, 3.63) is 87.7 Å². The average molecular weight is 626 g/mol. The first-order valence-corrected chi connectivity index (χ1v) is 14.0. The van der Waals surface area contributed by atoms with E-state index in [9.17, 15) is 35.5 Å². The lowest BCUT2D eigenvalue weighted by atomic mass is 9.84. The van der Waals surface area contributed by atoms with Crippen LogP contribution in [0.4, 0.5) is 35.5 Å². The van der Waals surface area contributed by atoms with Crippen LogP contribution in [0.15, 0.2) is 48.5 Å². The fourth-order valence-corrected chi connectivity index (χ4v) is 5.31. The van der Waals surface area contributed by atoms with Gasteiger partial charge < -0.3 is 9.47 Å². The topological polar surface area (TPSA) is 38.8 Å². The molecule has 1 saturated heterocycles. The zero-order chi connectivity index (χ0) is 32.9. The number of halogens is 7. The molecule has 0 aliphatic carbocycles. The van der Waals surface area contributed by atoms with Crippen molar-refractivity contribution < 1.29 is 45.0 Å². The Morgan fingerprint density at radius 2 is 1.48 bits per heavy atom. The average Bonchev–Trinajstić information content (AvgIpc) is 3.19. The molecule has 238 valence electrons. The highest BCUT2D eigenvalue weighted by Gasteiger charge is 2.42. The molecule has 0 saturated carbocycles. The number of hydrogen-bond acceptors (Lipinski definition) is 3. The number of alkyl halides is 6. The van der Waals surface area contributed by atoms with Crippen molar-refractivity contribution in [1.29, 1.82) is 0 Å². The largest absolute Gasteiger partial charge is 0.496 e. The molecule has 11 heteroatoms. The molecule has 44 heavy (non-hydrogen) atoms. The molecule has 3 aromatic carbocycles. The van der Waals surface area contributed by atoms with Gasteiger partial charge in [0.25, 0.3) is 0 Å². The van der Waals surface area contributed by atoms with Gasteiger partial charge in [0, 0.05) is 11.6 Å². The van der Waals surface area contributed by atoms with Gasteiger partial charge in [0.2, 0.25) is 0 Å². The van der Waals surface area contributed by atoms with Crippen molar-refractivity contribution in [1.82, 2.24) is 4.90 Å². The van der Waals surface area contributed by atoms with Gasteiger partial charge in [0.1, 0.15) is 17.7 Å². The Morgan fingerprint density at radius 3 is 2.02 bits per heavy atom. The Labute approximate surface area is 251 Å². The van der Waals surface area contributed by atoms with Crippen LogP contribution >= 0.6 is 0 Å². The number of hydrogen-bond donors (Lipinski definition) is 0. The van der Waals surface area contributed by atoms with Gasteiger partial charge in [0.05, 0.1) is 30.8 Å². The minimum atomic E-state index is -4.70. The molecule has 1 fully saturated rings. The minimum Gasteiger partial charge on any atom is -0.496 e. The van der Waals surface area contributed by atoms with Gasteiger partial charge in [-0.3, -0.25) is 4.90 Å². The maximum Gasteiger partial charge on any atom is 0.416 e. The van der Waals surface area contributed by atoms with E-state index in [2.05, 4.69) is 0 Å². The highest BCUT2D eigenvalue weighted by atomic mass is 19.4. The van der Waals surface area contributed by atoms with Gasteiger partial charge in [-0.2, -0.15) is 26.3 Å². The summed E-state index contributed by atoms with van der Waals surface area (Å²) in [6.45, 7) is 10.0. The molecule has 1 heterocycles. The molecule has 4 nitrogen and oxygen atoms in total. The van der Waals surface area contributed by atoms with Crippen molar-refractivity contribution in [2.75, 3.05) is 7.11 Å². The molecule has 4 rings (SSSR count). The maximum absolute atomic E-state index is 14.8. The smallest absolute Gasteiger partial charge is 0.416 e. The Morgan fingerprint density at radius 1 is 0.864 bits per heavy atom. The summed E-state index contributed by atoms with van der Waals surface area (Å²) in [5, 5.41) is 0. The summed E-state index contributed by atoms with van der Waals surface area (Å²) in [6.07, 6.45) is -11.4. The third kappa shape index (κ3) is 6.66. The number of ether oxygens (including phenoxy) is 2. The van der Waals surface area contributed by atoms with Gasteiger partial charge in [-0.25, -0.2) is 9.18 Å². The van der Waals surface area contributed by atoms with Crippen LogP contribution < -0.4 is 4.74 Å². The summed E-state index contributed by atoms with van der Waals surface area (Å²) in [4.78, 5) is 14.3. The zero-order valence-corrected chi connectivity index (χ0v) is 25.4. The SMILES string of the molecule is COc1cc(F)c(C(C)C)cc1-c1ccc(C(F)(F)F)cc1CN1C(=O)O[C@H](c2cc(C(C)(C)C)cc(C(F)(F)F)c2)[C@@H]1C. The summed E-state index contributed by atoms with van der Waals surface area (Å²) in [5.74, 6) is -0.705. The summed E-state index contributed by atoms with van der Waals surface area (Å²) >= 11 is 0. The lowest BCUT2D eigenvalue weighted by Crippen LogP contribution is -2.32. The molecule has 0 N–H and O–H groups in total. The molecule has 0 bridgehead atoms. The van der Waals surface area contributed by atoms with E-state index in [0.29, 0.717) is 16.7 Å². The van der Waals surface area contributed by atoms with Crippen molar-refractivity contribution >= 4 is 6.09 Å². The lowest BCUT2D eigenvalue weighted by molar-refractivity contribution is -0.138. The van der Waals surface area contributed by atoms with Crippen LogP contribution in [-0.2, 0) is 29.0 Å². The third-order valence-corrected chi connectivity index (χ3v) is 7.87. The Hall–Kier alpha value is -3.76. The molecule has 0 radical (unpaired) electrons. The molecule has 0 aromatic heterocycles. The first-order valence-electron chi connectivity index (χ1n) is 14.0. The Kier molecular flexibility index (Phi) is 8.76. The molecule has 1 aliphatic heterocycles. The first-order chi connectivity index (χ1) is 20.2. The van der Waals surface area contributed by atoms with Crippen molar-refractivity contribution in [2.24, 2.45) is 0 Å². The predicted octanol–water partition coefficient (Wildman–Crippen LogP) is 10.0. The number of cyclic esters (lactones) is 1. The van der Waals surface area contributed by atoms with Gasteiger partial charge in [-0.15, -0.1) is 0 Å². The molecular weight excluding hydrogens is 591 g/mol. The summed E-state index contributed by atoms with van der Waals surface area (Å²) in [7, 11) is 1.31. The summed E-state index contributed by atoms with van der Waals surface area (Å²) < 4.78 is 109. The quantitative estimate of drug-likeness (QED) is 0.256. The van der Waals surface area contributed by atoms with Crippen LogP contribution in [-0.4, -0.2) is 24.1 Å². The fraction of sp³-hybridized carbons (Fsp3) is 0.424. The highest BCUT2D eigenvalue weighted by molar-refractivity contribution is 5.76. The van der Waals surface area contributed by atoms with E-state index in [0.717, 1.165) is 30.3 Å². The monoisotopic (exact) mass is 625 g/mol. The number of carbonyl (C=O) groups is 1. The van der Waals surface area contributed by atoms with E-state index in [1.807, 2.05) is 0 Å². The van der Waals surface area contributed by atoms with Crippen LogP contribution in [0, 0.1) is 5.82 Å². The van der Waals surface area contributed by atoms with Crippen LogP contribution in [0.1, 0.15) is 86.9 Å². The lowest BCUT2D eigenvalue weighted by Gasteiger charge is -2.26. The van der Waals surface area contributed by atoms with Gasteiger partial charge >= 0.3 is 18.4 Å². The Bertz CT molecular complexity index is 1520. The second-order valence-electron chi connectivity index (χ2n) is 12.4. The highest BCUT2D eigenvalue weighted by Crippen LogP contribution is 2.43. The normalized spacial score (nSPS) is 17.8. The van der Waals surface area contributed by atoms with E-state index in [1.165, 1.54) is 24.1 Å². The molecule has 0 unspecified atom stereocenters. The van der Waals surface area contributed by atoms with Crippen molar-refractivity contribution in [3.8, 4) is 16.9 Å². The summed E-state index contributed by atoms with van der Waals surface area (Å²) in [6, 6.07) is 8.40. The number of amides is 1. The maximum atomic E-state index is 14.8. The second-order valence-corrected chi connectivity index (χ2v) is 12.4. The standard InChI is InChI=1S/C33H34F7NO3/c1-17(2)25-14-26(28(43-7)15-27(25)34)24-9-8-21(32(35,36)37)12-20(24)16-41-18(3)29(44-30(41)42)19-10-22(31(4,5)6)13-23(11-19)33(38,39)40/h8-15,17-18,29H,16H2,1-7H3/t18-,29-/m0/s1. The molecule has 2 atom stereocenters. The molecule has 1 aliphatic rings. The van der Waals surface area contributed by atoms with Gasteiger partial charge in [-0.05, 0) is 76.4 Å². The molecular formula is C33H34F7NO3. The minimum absolute atomic E-state index is 0.0725. The molecule has 0 spiro atoms. The van der Waals surface area contributed by atoms with E-state index < -0.39 is 53.0 Å². The van der Waals surface area contributed by atoms with Crippen LogP contribution in [0.5, 0.6) is 5.75 Å². The first kappa shape index (κ1) is 33.1. The number of benzene rings is 3. The molecule has 1 amide bonds. The zero-order valence-electron chi connectivity index (χ0n) is 25.4. The van der Waals surface area contributed by atoms with Crippen molar-refractivity contribution in [3.63, 3.8) is 0 Å². The number of methoxy groups -OCH3 is 1. The number of carbonyl (C=O) groups excluding carboxylic acids is 1. The van der Waals surface area contributed by atoms with Crippen LogP contribution in [0.2, 0.25) is 0 Å². The van der Waals surface area contributed by atoms with E-state index >= 15 is 0 Å². The van der Waals surface area contributed by atoms with Crippen LogP contribution in [0.25, 0.3) is 11.1 Å². The van der Waals surface area contributed by atoms with Crippen molar-refractivity contribution in [2.45, 2.75) is 83.9 Å². The van der Waals surface area contributed by atoms with E-state index in [1.54, 1.807) is 47.6 Å².